The van der Waals surface area contributed by atoms with E-state index in [9.17, 15) is 13.2 Å². The zero-order chi connectivity index (χ0) is 27.1. The summed E-state index contributed by atoms with van der Waals surface area (Å²) in [5.41, 5.74) is 3.32. The lowest BCUT2D eigenvalue weighted by Crippen LogP contribution is -2.31. The normalized spacial score (nSPS) is 12.0. The van der Waals surface area contributed by atoms with Crippen LogP contribution in [0.25, 0.3) is 0 Å². The highest BCUT2D eigenvalue weighted by atomic mass is 79.9. The molecule has 4 rings (SSSR count). The third kappa shape index (κ3) is 7.02. The van der Waals surface area contributed by atoms with E-state index in [-0.39, 0.29) is 30.0 Å². The lowest BCUT2D eigenvalue weighted by atomic mass is 10.1. The molecule has 0 aliphatic rings. The average molecular weight is 594 g/mol. The van der Waals surface area contributed by atoms with Gasteiger partial charge in [-0.1, -0.05) is 76.1 Å². The van der Waals surface area contributed by atoms with Crippen LogP contribution < -0.4 is 14.4 Å². The Labute approximate surface area is 232 Å². The van der Waals surface area contributed by atoms with Crippen molar-refractivity contribution in [1.82, 2.24) is 5.32 Å². The summed E-state index contributed by atoms with van der Waals surface area (Å²) in [6.45, 7) is 3.84. The Kier molecular flexibility index (Phi) is 8.86. The molecule has 4 aromatic rings. The van der Waals surface area contributed by atoms with Crippen LogP contribution in [0.1, 0.15) is 29.7 Å². The van der Waals surface area contributed by atoms with Gasteiger partial charge in [-0.2, -0.15) is 0 Å². The minimum absolute atomic E-state index is 0.157. The maximum atomic E-state index is 13.6. The summed E-state index contributed by atoms with van der Waals surface area (Å²) in [5, 5.41) is 2.92. The first-order chi connectivity index (χ1) is 18.2. The molecule has 0 unspecified atom stereocenters. The summed E-state index contributed by atoms with van der Waals surface area (Å²) in [5.74, 6) is 0.213. The molecular weight excluding hydrogens is 564 g/mol. The van der Waals surface area contributed by atoms with Gasteiger partial charge in [0, 0.05) is 4.47 Å². The Morgan fingerprint density at radius 3 is 2.16 bits per heavy atom. The Hall–Kier alpha value is -3.62. The Morgan fingerprint density at radius 2 is 1.53 bits per heavy atom. The highest BCUT2D eigenvalue weighted by Crippen LogP contribution is 2.28. The van der Waals surface area contributed by atoms with Crippen molar-refractivity contribution in [1.29, 1.82) is 0 Å². The third-order valence-electron chi connectivity index (χ3n) is 6.02. The van der Waals surface area contributed by atoms with Crippen molar-refractivity contribution in [2.24, 2.45) is 0 Å². The first-order valence-corrected chi connectivity index (χ1v) is 14.4. The van der Waals surface area contributed by atoms with Crippen LogP contribution in [0, 0.1) is 6.92 Å². The predicted molar refractivity (Wildman–Crippen MR) is 154 cm³/mol. The molecule has 8 heteroatoms. The number of anilines is 1. The molecule has 38 heavy (non-hydrogen) atoms. The fraction of sp³-hybridized carbons (Fsp3) is 0.167. The highest BCUT2D eigenvalue weighted by Gasteiger charge is 2.25. The van der Waals surface area contributed by atoms with Crippen LogP contribution in [-0.2, 0) is 21.4 Å². The quantitative estimate of drug-likeness (QED) is 0.231. The smallest absolute Gasteiger partial charge is 0.264 e. The number of halogens is 1. The van der Waals surface area contributed by atoms with Gasteiger partial charge in [0.2, 0.25) is 0 Å². The number of amides is 1. The van der Waals surface area contributed by atoms with E-state index in [2.05, 4.69) is 21.2 Å². The van der Waals surface area contributed by atoms with Crippen molar-refractivity contribution in [2.75, 3.05) is 10.9 Å². The topological polar surface area (TPSA) is 75.7 Å². The van der Waals surface area contributed by atoms with Crippen LogP contribution in [0.5, 0.6) is 5.75 Å². The van der Waals surface area contributed by atoms with Gasteiger partial charge < -0.3 is 10.1 Å². The number of hydrogen-bond acceptors (Lipinski definition) is 4. The van der Waals surface area contributed by atoms with E-state index in [0.29, 0.717) is 11.4 Å². The SMILES string of the molecule is Cc1ccc(S(=O)(=O)N(Cc2ccccc2)c2ccc(OCC(=O)N[C@H](C)c3ccc(Br)cc3)cc2)cc1. The summed E-state index contributed by atoms with van der Waals surface area (Å²) in [7, 11) is -3.82. The van der Waals surface area contributed by atoms with E-state index >= 15 is 0 Å². The second-order valence-corrected chi connectivity index (χ2v) is 11.7. The van der Waals surface area contributed by atoms with E-state index in [1.165, 1.54) is 4.31 Å². The minimum Gasteiger partial charge on any atom is -0.484 e. The van der Waals surface area contributed by atoms with Crippen molar-refractivity contribution in [3.8, 4) is 5.75 Å². The fourth-order valence-corrected chi connectivity index (χ4v) is 5.59. The van der Waals surface area contributed by atoms with Gasteiger partial charge in [-0.3, -0.25) is 9.10 Å². The largest absolute Gasteiger partial charge is 0.484 e. The van der Waals surface area contributed by atoms with Crippen LogP contribution in [-0.4, -0.2) is 20.9 Å². The van der Waals surface area contributed by atoms with Crippen LogP contribution in [0.15, 0.2) is 112 Å². The average Bonchev–Trinajstić information content (AvgIpc) is 2.92. The van der Waals surface area contributed by atoms with E-state index in [4.69, 9.17) is 4.74 Å². The molecule has 0 spiro atoms. The molecule has 4 aromatic carbocycles. The Balaban J connectivity index is 1.47. The third-order valence-corrected chi connectivity index (χ3v) is 8.34. The van der Waals surface area contributed by atoms with Crippen LogP contribution in [0.2, 0.25) is 0 Å². The molecule has 6 nitrogen and oxygen atoms in total. The molecule has 0 aliphatic carbocycles. The number of sulfonamides is 1. The summed E-state index contributed by atoms with van der Waals surface area (Å²) in [6, 6.07) is 30.5. The van der Waals surface area contributed by atoms with Gasteiger partial charge in [-0.05, 0) is 73.5 Å². The number of benzene rings is 4. The molecule has 0 aromatic heterocycles. The zero-order valence-electron chi connectivity index (χ0n) is 21.2. The molecule has 0 bridgehead atoms. The number of carbonyl (C=O) groups excluding carboxylic acids is 1. The van der Waals surface area contributed by atoms with Gasteiger partial charge in [0.05, 0.1) is 23.2 Å². The molecule has 0 saturated heterocycles. The Morgan fingerprint density at radius 1 is 0.895 bits per heavy atom. The lowest BCUT2D eigenvalue weighted by molar-refractivity contribution is -0.123. The zero-order valence-corrected chi connectivity index (χ0v) is 23.6. The van der Waals surface area contributed by atoms with Crippen molar-refractivity contribution in [3.05, 3.63) is 124 Å². The van der Waals surface area contributed by atoms with E-state index < -0.39 is 10.0 Å². The van der Waals surface area contributed by atoms with Gasteiger partial charge in [0.25, 0.3) is 15.9 Å². The molecule has 0 radical (unpaired) electrons. The summed E-state index contributed by atoms with van der Waals surface area (Å²) >= 11 is 3.41. The minimum atomic E-state index is -3.82. The molecule has 0 heterocycles. The van der Waals surface area contributed by atoms with Crippen molar-refractivity contribution >= 4 is 37.5 Å². The number of nitrogens with zero attached hydrogens (tertiary/aromatic N) is 1. The monoisotopic (exact) mass is 592 g/mol. The standard InChI is InChI=1S/C30H29BrN2O4S/c1-22-8-18-29(19-9-22)38(35,36)33(20-24-6-4-3-5-7-24)27-14-16-28(17-15-27)37-21-30(34)32-23(2)25-10-12-26(31)13-11-25/h3-19,23H,20-21H2,1-2H3,(H,32,34)/t23-/m1/s1. The van der Waals surface area contributed by atoms with Crippen molar-refractivity contribution < 1.29 is 17.9 Å². The molecule has 0 fully saturated rings. The van der Waals surface area contributed by atoms with E-state index in [0.717, 1.165) is 21.2 Å². The number of hydrogen-bond donors (Lipinski definition) is 1. The highest BCUT2D eigenvalue weighted by molar-refractivity contribution is 9.10. The first-order valence-electron chi connectivity index (χ1n) is 12.1. The summed E-state index contributed by atoms with van der Waals surface area (Å²) < 4.78 is 35.3. The van der Waals surface area contributed by atoms with Gasteiger partial charge >= 0.3 is 0 Å². The van der Waals surface area contributed by atoms with Gasteiger partial charge in [0.1, 0.15) is 5.75 Å². The van der Waals surface area contributed by atoms with Gasteiger partial charge in [-0.15, -0.1) is 0 Å². The number of carbonyl (C=O) groups is 1. The number of nitrogens with one attached hydrogen (secondary N) is 1. The molecule has 0 saturated carbocycles. The van der Waals surface area contributed by atoms with Gasteiger partial charge in [-0.25, -0.2) is 8.42 Å². The second kappa shape index (κ2) is 12.3. The molecule has 1 amide bonds. The second-order valence-electron chi connectivity index (χ2n) is 8.93. The first kappa shape index (κ1) is 27.4. The van der Waals surface area contributed by atoms with E-state index in [1.807, 2.05) is 68.4 Å². The van der Waals surface area contributed by atoms with Crippen LogP contribution in [0.3, 0.4) is 0 Å². The molecular formula is C30H29BrN2O4S. The molecule has 1 atom stereocenters. The molecule has 196 valence electrons. The van der Waals surface area contributed by atoms with Gasteiger partial charge in [0.15, 0.2) is 6.61 Å². The summed E-state index contributed by atoms with van der Waals surface area (Å²) in [6.07, 6.45) is 0. The molecule has 0 aliphatic heterocycles. The fourth-order valence-electron chi connectivity index (χ4n) is 3.88. The van der Waals surface area contributed by atoms with Crippen molar-refractivity contribution in [2.45, 2.75) is 31.3 Å². The Bertz CT molecular complexity index is 1460. The summed E-state index contributed by atoms with van der Waals surface area (Å²) in [4.78, 5) is 12.6. The number of aryl methyl sites for hydroxylation is 1. The predicted octanol–water partition coefficient (Wildman–Crippen LogP) is 6.41. The lowest BCUT2D eigenvalue weighted by Gasteiger charge is -2.25. The van der Waals surface area contributed by atoms with E-state index in [1.54, 1.807) is 48.5 Å². The van der Waals surface area contributed by atoms with Crippen molar-refractivity contribution in [3.63, 3.8) is 0 Å². The number of rotatable bonds is 10. The maximum absolute atomic E-state index is 13.6. The maximum Gasteiger partial charge on any atom is 0.264 e. The van der Waals surface area contributed by atoms with Crippen LogP contribution in [0.4, 0.5) is 5.69 Å². The molecule has 1 N–H and O–H groups in total. The number of ether oxygens (including phenoxy) is 1. The van der Waals surface area contributed by atoms with Crippen LogP contribution >= 0.6 is 15.9 Å².